The summed E-state index contributed by atoms with van der Waals surface area (Å²) in [6.07, 6.45) is 0. The second kappa shape index (κ2) is 9.51. The van der Waals surface area contributed by atoms with Crippen molar-refractivity contribution < 1.29 is 13.2 Å². The molecule has 0 spiro atoms. The van der Waals surface area contributed by atoms with Crippen molar-refractivity contribution in [2.45, 2.75) is 23.7 Å². The summed E-state index contributed by atoms with van der Waals surface area (Å²) >= 11 is 1.29. The van der Waals surface area contributed by atoms with Crippen molar-refractivity contribution in [3.8, 4) is 0 Å². The van der Waals surface area contributed by atoms with E-state index in [2.05, 4.69) is 34.7 Å². The van der Waals surface area contributed by atoms with Crippen LogP contribution in [-0.2, 0) is 21.3 Å². The number of hydrogen-bond donors (Lipinski definition) is 2. The van der Waals surface area contributed by atoms with E-state index < -0.39 is 10.0 Å². The number of nitrogens with one attached hydrogen (secondary N) is 2. The fraction of sp³-hybridized carbons (Fsp3) is 0.421. The molecule has 0 bridgehead atoms. The molecular weight excluding hydrogens is 396 g/mol. The van der Waals surface area contributed by atoms with Gasteiger partial charge in [-0.2, -0.15) is 4.31 Å². The molecule has 152 valence electrons. The lowest BCUT2D eigenvalue weighted by Crippen LogP contribution is -2.40. The van der Waals surface area contributed by atoms with Crippen LogP contribution < -0.4 is 10.6 Å². The number of aliphatic imine (C=N–C) groups is 1. The first-order chi connectivity index (χ1) is 13.5. The third-order valence-corrected chi connectivity index (χ3v) is 7.96. The van der Waals surface area contributed by atoms with Gasteiger partial charge in [0.1, 0.15) is 4.21 Å². The average Bonchev–Trinajstić information content (AvgIpc) is 3.22. The number of thiophene rings is 1. The van der Waals surface area contributed by atoms with E-state index in [1.165, 1.54) is 21.2 Å². The predicted octanol–water partition coefficient (Wildman–Crippen LogP) is 2.20. The molecule has 2 aromatic rings. The van der Waals surface area contributed by atoms with Crippen LogP contribution in [-0.4, -0.2) is 52.0 Å². The highest BCUT2D eigenvalue weighted by Gasteiger charge is 2.27. The van der Waals surface area contributed by atoms with Gasteiger partial charge in [-0.15, -0.1) is 11.3 Å². The van der Waals surface area contributed by atoms with Gasteiger partial charge in [0.25, 0.3) is 10.0 Å². The van der Waals surface area contributed by atoms with Crippen molar-refractivity contribution in [1.82, 2.24) is 14.9 Å². The molecule has 1 fully saturated rings. The number of nitrogens with zero attached hydrogens (tertiary/aromatic N) is 2. The Hall–Kier alpha value is -1.94. The van der Waals surface area contributed by atoms with Gasteiger partial charge >= 0.3 is 0 Å². The zero-order valence-corrected chi connectivity index (χ0v) is 17.7. The Morgan fingerprint density at radius 3 is 2.61 bits per heavy atom. The molecule has 1 aliphatic heterocycles. The van der Waals surface area contributed by atoms with Gasteiger partial charge in [0.15, 0.2) is 5.96 Å². The maximum Gasteiger partial charge on any atom is 0.252 e. The number of rotatable bonds is 6. The Morgan fingerprint density at radius 2 is 1.93 bits per heavy atom. The standard InChI is InChI=1S/C19H26N4O3S2/c1-15(16-6-4-3-5-7-16)22-19(20-2)21-14-17-8-9-18(27-17)28(24,25)23-10-12-26-13-11-23/h3-9,15H,10-14H2,1-2H3,(H2,20,21,22). The number of morpholine rings is 1. The average molecular weight is 423 g/mol. The zero-order chi connectivity index (χ0) is 20.0. The van der Waals surface area contributed by atoms with Crippen molar-refractivity contribution in [3.05, 3.63) is 52.9 Å². The van der Waals surface area contributed by atoms with E-state index >= 15 is 0 Å². The Labute approximate surface area is 170 Å². The summed E-state index contributed by atoms with van der Waals surface area (Å²) in [6.45, 7) is 4.27. The van der Waals surface area contributed by atoms with Crippen LogP contribution >= 0.6 is 11.3 Å². The van der Waals surface area contributed by atoms with Gasteiger partial charge in [-0.05, 0) is 24.6 Å². The molecule has 1 aromatic heterocycles. The number of sulfonamides is 1. The largest absolute Gasteiger partial charge is 0.379 e. The molecule has 0 aliphatic carbocycles. The third-order valence-electron chi connectivity index (χ3n) is 4.51. The van der Waals surface area contributed by atoms with Gasteiger partial charge in [-0.1, -0.05) is 30.3 Å². The smallest absolute Gasteiger partial charge is 0.252 e. The quantitative estimate of drug-likeness (QED) is 0.551. The number of hydrogen-bond acceptors (Lipinski definition) is 5. The zero-order valence-electron chi connectivity index (χ0n) is 16.1. The molecule has 3 rings (SSSR count). The Morgan fingerprint density at radius 1 is 1.21 bits per heavy atom. The summed E-state index contributed by atoms with van der Waals surface area (Å²) in [5.41, 5.74) is 1.17. The molecule has 1 aliphatic rings. The minimum absolute atomic E-state index is 0.105. The van der Waals surface area contributed by atoms with Crippen LogP contribution in [0.3, 0.4) is 0 Å². The maximum atomic E-state index is 12.7. The topological polar surface area (TPSA) is 83.0 Å². The van der Waals surface area contributed by atoms with Gasteiger partial charge in [0, 0.05) is 25.0 Å². The number of benzene rings is 1. The molecule has 0 saturated carbocycles. The molecule has 1 aromatic carbocycles. The maximum absolute atomic E-state index is 12.7. The second-order valence-electron chi connectivity index (χ2n) is 6.44. The van der Waals surface area contributed by atoms with E-state index in [-0.39, 0.29) is 6.04 Å². The van der Waals surface area contributed by atoms with Gasteiger partial charge < -0.3 is 15.4 Å². The van der Waals surface area contributed by atoms with E-state index in [1.54, 1.807) is 13.1 Å². The van der Waals surface area contributed by atoms with Crippen LogP contribution in [0.4, 0.5) is 0 Å². The Bertz CT molecular complexity index is 891. The van der Waals surface area contributed by atoms with Crippen LogP contribution in [0.25, 0.3) is 0 Å². The molecule has 28 heavy (non-hydrogen) atoms. The van der Waals surface area contributed by atoms with Crippen molar-refractivity contribution in [2.75, 3.05) is 33.4 Å². The van der Waals surface area contributed by atoms with E-state index in [0.29, 0.717) is 43.0 Å². The molecule has 1 atom stereocenters. The van der Waals surface area contributed by atoms with Gasteiger partial charge in [-0.3, -0.25) is 4.99 Å². The van der Waals surface area contributed by atoms with Crippen LogP contribution in [0.5, 0.6) is 0 Å². The minimum Gasteiger partial charge on any atom is -0.379 e. The van der Waals surface area contributed by atoms with Crippen LogP contribution in [0.1, 0.15) is 23.4 Å². The summed E-state index contributed by atoms with van der Waals surface area (Å²) in [4.78, 5) is 5.19. The normalized spacial score (nSPS) is 17.3. The second-order valence-corrected chi connectivity index (χ2v) is 9.77. The summed E-state index contributed by atoms with van der Waals surface area (Å²) in [5, 5.41) is 6.60. The van der Waals surface area contributed by atoms with Gasteiger partial charge in [0.05, 0.1) is 25.8 Å². The predicted molar refractivity (Wildman–Crippen MR) is 112 cm³/mol. The summed E-state index contributed by atoms with van der Waals surface area (Å²) in [6, 6.07) is 13.8. The molecule has 2 N–H and O–H groups in total. The van der Waals surface area contributed by atoms with Crippen LogP contribution in [0.15, 0.2) is 51.7 Å². The SMILES string of the molecule is CN=C(NCc1ccc(S(=O)(=O)N2CCOCC2)s1)NC(C)c1ccccc1. The third kappa shape index (κ3) is 5.11. The molecular formula is C19H26N4O3S2. The molecule has 2 heterocycles. The first-order valence-corrected chi connectivity index (χ1v) is 11.4. The minimum atomic E-state index is -3.44. The first-order valence-electron chi connectivity index (χ1n) is 9.19. The summed E-state index contributed by atoms with van der Waals surface area (Å²) < 4.78 is 32.5. The fourth-order valence-corrected chi connectivity index (χ4v) is 5.76. The molecule has 0 radical (unpaired) electrons. The highest BCUT2D eigenvalue weighted by Crippen LogP contribution is 2.25. The lowest BCUT2D eigenvalue weighted by Gasteiger charge is -2.25. The highest BCUT2D eigenvalue weighted by atomic mass is 32.2. The first kappa shape index (κ1) is 20.8. The van der Waals surface area contributed by atoms with Crippen molar-refractivity contribution in [1.29, 1.82) is 0 Å². The fourth-order valence-electron chi connectivity index (χ4n) is 2.90. The molecule has 1 saturated heterocycles. The van der Waals surface area contributed by atoms with Crippen LogP contribution in [0, 0.1) is 0 Å². The highest BCUT2D eigenvalue weighted by molar-refractivity contribution is 7.91. The molecule has 7 nitrogen and oxygen atoms in total. The van der Waals surface area contributed by atoms with E-state index in [1.807, 2.05) is 24.3 Å². The van der Waals surface area contributed by atoms with Crippen molar-refractivity contribution in [2.24, 2.45) is 4.99 Å². The van der Waals surface area contributed by atoms with E-state index in [9.17, 15) is 8.42 Å². The molecule has 0 amide bonds. The summed E-state index contributed by atoms with van der Waals surface area (Å²) in [7, 11) is -1.72. The Balaban J connectivity index is 1.58. The number of guanidine groups is 1. The monoisotopic (exact) mass is 422 g/mol. The molecule has 9 heteroatoms. The van der Waals surface area contributed by atoms with E-state index in [4.69, 9.17) is 4.74 Å². The van der Waals surface area contributed by atoms with E-state index in [0.717, 1.165) is 4.88 Å². The summed E-state index contributed by atoms with van der Waals surface area (Å²) in [5.74, 6) is 0.669. The Kier molecular flexibility index (Phi) is 7.06. The number of ether oxygens (including phenoxy) is 1. The lowest BCUT2D eigenvalue weighted by atomic mass is 10.1. The van der Waals surface area contributed by atoms with Crippen molar-refractivity contribution >= 4 is 27.3 Å². The van der Waals surface area contributed by atoms with Gasteiger partial charge in [0.2, 0.25) is 0 Å². The lowest BCUT2D eigenvalue weighted by molar-refractivity contribution is 0.0731. The van der Waals surface area contributed by atoms with Crippen LogP contribution in [0.2, 0.25) is 0 Å². The van der Waals surface area contributed by atoms with Gasteiger partial charge in [-0.25, -0.2) is 8.42 Å². The molecule has 1 unspecified atom stereocenters. The van der Waals surface area contributed by atoms with Crippen molar-refractivity contribution in [3.63, 3.8) is 0 Å².